The summed E-state index contributed by atoms with van der Waals surface area (Å²) in [5.41, 5.74) is 8.46. The van der Waals surface area contributed by atoms with Crippen molar-refractivity contribution in [3.63, 3.8) is 0 Å². The first kappa shape index (κ1) is 30.2. The van der Waals surface area contributed by atoms with Crippen LogP contribution in [-0.2, 0) is 4.79 Å². The number of rotatable bonds is 7. The Hall–Kier alpha value is -2.28. The highest BCUT2D eigenvalue weighted by molar-refractivity contribution is 6.35. The molecule has 0 bridgehead atoms. The maximum absolute atomic E-state index is 12.0. The third-order valence-corrected chi connectivity index (χ3v) is 9.87. The van der Waals surface area contributed by atoms with E-state index in [1.807, 2.05) is 6.07 Å². The first-order chi connectivity index (χ1) is 19.9. The number of carbonyl (C=O) groups excluding carboxylic acids is 1. The number of nitrogens with two attached hydrogens (primary N) is 1. The second-order valence-corrected chi connectivity index (χ2v) is 13.1. The monoisotopic (exact) mass is 597 g/mol. The van der Waals surface area contributed by atoms with Crippen LogP contribution < -0.4 is 16.4 Å². The van der Waals surface area contributed by atoms with Crippen molar-refractivity contribution < 1.29 is 4.79 Å². The fourth-order valence-corrected chi connectivity index (χ4v) is 7.75. The summed E-state index contributed by atoms with van der Waals surface area (Å²) in [6.07, 6.45) is 12.2. The van der Waals surface area contributed by atoms with Crippen molar-refractivity contribution >= 4 is 40.8 Å². The Morgan fingerprint density at radius 1 is 1.05 bits per heavy atom. The van der Waals surface area contributed by atoms with Crippen LogP contribution in [0.25, 0.3) is 0 Å². The zero-order valence-corrected chi connectivity index (χ0v) is 25.8. The molecule has 2 aliphatic carbocycles. The molecule has 3 fully saturated rings. The van der Waals surface area contributed by atoms with Crippen LogP contribution in [0.5, 0.6) is 0 Å². The van der Waals surface area contributed by atoms with Crippen molar-refractivity contribution in [3.8, 4) is 0 Å². The van der Waals surface area contributed by atoms with E-state index in [0.717, 1.165) is 48.3 Å². The van der Waals surface area contributed by atoms with Gasteiger partial charge in [0.05, 0.1) is 6.04 Å². The molecule has 1 saturated heterocycles. The molecule has 2 aromatic carbocycles. The molecule has 1 amide bonds. The fraction of sp³-hybridized carbons (Fsp3) is 0.576. The number of primary amides is 1. The molecule has 0 radical (unpaired) electrons. The van der Waals surface area contributed by atoms with Gasteiger partial charge in [-0.1, -0.05) is 86.3 Å². The predicted octanol–water partition coefficient (Wildman–Crippen LogP) is 7.20. The molecule has 2 saturated carbocycles. The first-order valence-corrected chi connectivity index (χ1v) is 16.3. The van der Waals surface area contributed by atoms with Gasteiger partial charge in [-0.25, -0.2) is 4.99 Å². The van der Waals surface area contributed by atoms with Crippen molar-refractivity contribution in [2.75, 3.05) is 25.0 Å². The maximum Gasteiger partial charge on any atom is 0.218 e. The lowest BCUT2D eigenvalue weighted by molar-refractivity contribution is -0.118. The number of halogens is 2. The summed E-state index contributed by atoms with van der Waals surface area (Å²) in [5, 5.41) is 8.39. The maximum atomic E-state index is 12.0. The Labute approximate surface area is 255 Å². The number of hydrogen-bond donors (Lipinski definition) is 3. The quantitative estimate of drug-likeness (QED) is 0.233. The summed E-state index contributed by atoms with van der Waals surface area (Å²) < 4.78 is 0. The number of nitrogens with one attached hydrogen (secondary N) is 2. The van der Waals surface area contributed by atoms with Crippen molar-refractivity contribution in [3.05, 3.63) is 63.6 Å². The Balaban J connectivity index is 1.40. The number of carbonyl (C=O) groups is 1. The van der Waals surface area contributed by atoms with Crippen LogP contribution >= 0.6 is 23.2 Å². The van der Waals surface area contributed by atoms with E-state index in [1.165, 1.54) is 57.8 Å². The van der Waals surface area contributed by atoms with Crippen LogP contribution in [0.3, 0.4) is 0 Å². The van der Waals surface area contributed by atoms with Gasteiger partial charge in [0.25, 0.3) is 0 Å². The lowest BCUT2D eigenvalue weighted by Crippen LogP contribution is -2.53. The number of hydrogen-bond acceptors (Lipinski definition) is 3. The van der Waals surface area contributed by atoms with Gasteiger partial charge in [0.2, 0.25) is 5.91 Å². The van der Waals surface area contributed by atoms with Crippen LogP contribution in [0, 0.1) is 11.8 Å². The average molecular weight is 599 g/mol. The number of benzene rings is 2. The summed E-state index contributed by atoms with van der Waals surface area (Å²) >= 11 is 12.7. The van der Waals surface area contributed by atoms with Gasteiger partial charge >= 0.3 is 0 Å². The third-order valence-electron chi connectivity index (χ3n) is 9.31. The van der Waals surface area contributed by atoms with E-state index in [2.05, 4.69) is 46.7 Å². The lowest BCUT2D eigenvalue weighted by atomic mass is 9.71. The van der Waals surface area contributed by atoms with E-state index >= 15 is 0 Å². The lowest BCUT2D eigenvalue weighted by Gasteiger charge is -2.39. The zero-order valence-electron chi connectivity index (χ0n) is 24.3. The summed E-state index contributed by atoms with van der Waals surface area (Å²) in [5.74, 6) is 1.90. The van der Waals surface area contributed by atoms with Gasteiger partial charge in [0.1, 0.15) is 0 Å². The molecule has 8 heteroatoms. The number of piperazine rings is 1. The second kappa shape index (κ2) is 14.3. The molecular formula is C33H45Cl2N5O. The topological polar surface area (TPSA) is 82.8 Å². The smallest absolute Gasteiger partial charge is 0.218 e. The van der Waals surface area contributed by atoms with E-state index in [-0.39, 0.29) is 18.2 Å². The van der Waals surface area contributed by atoms with Crippen LogP contribution in [0.2, 0.25) is 10.0 Å². The van der Waals surface area contributed by atoms with Gasteiger partial charge < -0.3 is 21.3 Å². The second-order valence-electron chi connectivity index (χ2n) is 12.3. The standard InChI is InChI=1S/C33H45Cl2N5O/c1-22-21-40(18-17-37-22)33(39-31-10-6-5-9-27(31)23-7-3-2-4-8-23)38-26-14-11-24(12-15-26)29(20-32(36)41)28-16-13-25(34)19-30(28)35/h11-16,19,22-23,27,29,31,37H,2-10,17-18,20-21H2,1H3,(H2,36,41)(H,38,39)/t22-,27?,29?,31?/m0/s1. The first-order valence-electron chi connectivity index (χ1n) is 15.5. The molecule has 4 atom stereocenters. The number of guanidine groups is 1. The molecular weight excluding hydrogens is 553 g/mol. The third kappa shape index (κ3) is 7.97. The number of anilines is 1. The van der Waals surface area contributed by atoms with E-state index in [4.69, 9.17) is 33.9 Å². The molecule has 3 aliphatic rings. The van der Waals surface area contributed by atoms with Crippen molar-refractivity contribution in [2.24, 2.45) is 22.6 Å². The van der Waals surface area contributed by atoms with Gasteiger partial charge in [-0.2, -0.15) is 0 Å². The summed E-state index contributed by atoms with van der Waals surface area (Å²) in [6, 6.07) is 14.5. The number of nitrogens with zero attached hydrogens (tertiary/aromatic N) is 2. The highest BCUT2D eigenvalue weighted by atomic mass is 35.5. The van der Waals surface area contributed by atoms with Crippen LogP contribution in [0.15, 0.2) is 47.5 Å². The molecule has 3 unspecified atom stereocenters. The molecule has 2 aromatic rings. The molecule has 0 aromatic heterocycles. The van der Waals surface area contributed by atoms with Crippen molar-refractivity contribution in [1.82, 2.24) is 10.2 Å². The fourth-order valence-electron chi connectivity index (χ4n) is 7.21. The van der Waals surface area contributed by atoms with E-state index in [1.54, 1.807) is 12.1 Å². The van der Waals surface area contributed by atoms with Crippen LogP contribution in [0.4, 0.5) is 5.69 Å². The van der Waals surface area contributed by atoms with Crippen molar-refractivity contribution in [1.29, 1.82) is 0 Å². The summed E-state index contributed by atoms with van der Waals surface area (Å²) in [6.45, 7) is 5.06. The van der Waals surface area contributed by atoms with E-state index < -0.39 is 0 Å². The molecule has 41 heavy (non-hydrogen) atoms. The minimum absolute atomic E-state index is 0.170. The number of aliphatic imine (C=N–C) groups is 1. The predicted molar refractivity (Wildman–Crippen MR) is 171 cm³/mol. The Morgan fingerprint density at radius 3 is 2.49 bits per heavy atom. The minimum Gasteiger partial charge on any atom is -0.370 e. The van der Waals surface area contributed by atoms with Gasteiger partial charge in [-0.3, -0.25) is 4.79 Å². The molecule has 1 heterocycles. The molecule has 4 N–H and O–H groups in total. The molecule has 5 rings (SSSR count). The van der Waals surface area contributed by atoms with Gasteiger partial charge in [0, 0.05) is 53.7 Å². The summed E-state index contributed by atoms with van der Waals surface area (Å²) in [7, 11) is 0. The molecule has 222 valence electrons. The molecule has 6 nitrogen and oxygen atoms in total. The van der Waals surface area contributed by atoms with Gasteiger partial charge in [-0.05, 0) is 67.0 Å². The largest absolute Gasteiger partial charge is 0.370 e. The van der Waals surface area contributed by atoms with Crippen LogP contribution in [-0.4, -0.2) is 48.5 Å². The van der Waals surface area contributed by atoms with Crippen LogP contribution in [0.1, 0.15) is 88.2 Å². The SMILES string of the molecule is C[C@H]1CN(C(=NC2CCCCC2C2CCCCC2)Nc2ccc(C(CC(N)=O)c3ccc(Cl)cc3Cl)cc2)CCN1. The Kier molecular flexibility index (Phi) is 10.5. The normalized spacial score (nSPS) is 25.1. The van der Waals surface area contributed by atoms with Gasteiger partial charge in [-0.15, -0.1) is 0 Å². The molecule has 1 aliphatic heterocycles. The van der Waals surface area contributed by atoms with Crippen molar-refractivity contribution in [2.45, 2.75) is 89.1 Å². The highest BCUT2D eigenvalue weighted by Crippen LogP contribution is 2.40. The zero-order chi connectivity index (χ0) is 28.8. The Bertz CT molecular complexity index is 1200. The minimum atomic E-state index is -0.370. The van der Waals surface area contributed by atoms with Gasteiger partial charge in [0.15, 0.2) is 5.96 Å². The molecule has 0 spiro atoms. The van der Waals surface area contributed by atoms with E-state index in [9.17, 15) is 4.79 Å². The Morgan fingerprint density at radius 2 is 1.78 bits per heavy atom. The number of amides is 1. The average Bonchev–Trinajstić information content (AvgIpc) is 2.97. The highest BCUT2D eigenvalue weighted by Gasteiger charge is 2.33. The van der Waals surface area contributed by atoms with E-state index in [0.29, 0.717) is 28.0 Å². The summed E-state index contributed by atoms with van der Waals surface area (Å²) in [4.78, 5) is 19.9.